The maximum atomic E-state index is 13.1. The molecule has 0 radical (unpaired) electrons. The molecule has 1 aromatic carbocycles. The van der Waals surface area contributed by atoms with Crippen molar-refractivity contribution in [3.63, 3.8) is 0 Å². The molecule has 0 bridgehead atoms. The number of fused-ring (bicyclic) bond motifs is 1. The molecular weight excluding hydrogens is 429 g/mol. The van der Waals surface area contributed by atoms with Crippen molar-refractivity contribution in [1.29, 1.82) is 0 Å². The molecular formula is C20H19Cl2N5O3. The summed E-state index contributed by atoms with van der Waals surface area (Å²) >= 11 is 12.3. The summed E-state index contributed by atoms with van der Waals surface area (Å²) in [5, 5.41) is 13.3. The van der Waals surface area contributed by atoms with Crippen LogP contribution in [0.2, 0.25) is 10.0 Å². The zero-order valence-corrected chi connectivity index (χ0v) is 17.7. The van der Waals surface area contributed by atoms with Gasteiger partial charge in [0.1, 0.15) is 12.0 Å². The first kappa shape index (κ1) is 20.6. The quantitative estimate of drug-likeness (QED) is 0.568. The number of ether oxygens (including phenoxy) is 1. The Balaban J connectivity index is 1.62. The monoisotopic (exact) mass is 447 g/mol. The molecule has 10 heteroatoms. The first-order valence-corrected chi connectivity index (χ1v) is 10.3. The van der Waals surface area contributed by atoms with E-state index in [-0.39, 0.29) is 23.5 Å². The number of halogens is 2. The summed E-state index contributed by atoms with van der Waals surface area (Å²) in [6, 6.07) is 6.80. The minimum Gasteiger partial charge on any atom is -0.466 e. The molecule has 0 saturated carbocycles. The SMILES string of the molecule is CCOC(=O)C1CCN(C(=O)c2cc(-c3cc(Cl)cc(Cl)c3)c3nncn3n2)CC1. The van der Waals surface area contributed by atoms with E-state index in [0.29, 0.717) is 59.4 Å². The van der Waals surface area contributed by atoms with Crippen molar-refractivity contribution in [3.8, 4) is 11.1 Å². The number of hydrogen-bond donors (Lipinski definition) is 0. The summed E-state index contributed by atoms with van der Waals surface area (Å²) in [5.41, 5.74) is 2.11. The Kier molecular flexibility index (Phi) is 5.87. The second kappa shape index (κ2) is 8.57. The van der Waals surface area contributed by atoms with Crippen molar-refractivity contribution in [2.24, 2.45) is 5.92 Å². The van der Waals surface area contributed by atoms with Gasteiger partial charge in [0.15, 0.2) is 5.65 Å². The molecule has 3 aromatic rings. The van der Waals surface area contributed by atoms with Gasteiger partial charge in [0.2, 0.25) is 0 Å². The Hall–Kier alpha value is -2.71. The van der Waals surface area contributed by atoms with Gasteiger partial charge in [-0.25, -0.2) is 0 Å². The third kappa shape index (κ3) is 4.11. The smallest absolute Gasteiger partial charge is 0.309 e. The van der Waals surface area contributed by atoms with E-state index in [2.05, 4.69) is 15.3 Å². The van der Waals surface area contributed by atoms with E-state index in [1.54, 1.807) is 36.1 Å². The molecule has 1 amide bonds. The summed E-state index contributed by atoms with van der Waals surface area (Å²) in [6.45, 7) is 3.07. The van der Waals surface area contributed by atoms with E-state index in [9.17, 15) is 9.59 Å². The molecule has 4 rings (SSSR count). The molecule has 0 N–H and O–H groups in total. The lowest BCUT2D eigenvalue weighted by molar-refractivity contribution is -0.149. The number of likely N-dealkylation sites (tertiary alicyclic amines) is 1. The van der Waals surface area contributed by atoms with Gasteiger partial charge in [-0.1, -0.05) is 23.2 Å². The third-order valence-corrected chi connectivity index (χ3v) is 5.50. The van der Waals surface area contributed by atoms with Crippen LogP contribution >= 0.6 is 23.2 Å². The highest BCUT2D eigenvalue weighted by Gasteiger charge is 2.29. The molecule has 8 nitrogen and oxygen atoms in total. The Morgan fingerprint density at radius 1 is 1.13 bits per heavy atom. The fourth-order valence-electron chi connectivity index (χ4n) is 3.59. The Labute approximate surface area is 182 Å². The maximum Gasteiger partial charge on any atom is 0.309 e. The lowest BCUT2D eigenvalue weighted by Gasteiger charge is -2.30. The third-order valence-electron chi connectivity index (χ3n) is 5.06. The number of carbonyl (C=O) groups is 2. The van der Waals surface area contributed by atoms with Crippen molar-refractivity contribution < 1.29 is 14.3 Å². The topological polar surface area (TPSA) is 89.7 Å². The summed E-state index contributed by atoms with van der Waals surface area (Å²) in [4.78, 5) is 26.8. The minimum atomic E-state index is -0.220. The standard InChI is InChI=1S/C20H19Cl2N5O3/c1-2-30-20(29)12-3-5-26(6-4-12)19(28)17-10-16(18-24-23-11-27(18)25-17)13-7-14(21)9-15(22)8-13/h7-12H,2-6H2,1H3. The molecule has 1 aliphatic rings. The summed E-state index contributed by atoms with van der Waals surface area (Å²) in [6.07, 6.45) is 2.57. The molecule has 0 unspecified atom stereocenters. The highest BCUT2D eigenvalue weighted by molar-refractivity contribution is 6.35. The van der Waals surface area contributed by atoms with E-state index >= 15 is 0 Å². The van der Waals surface area contributed by atoms with Crippen molar-refractivity contribution in [3.05, 3.63) is 46.3 Å². The van der Waals surface area contributed by atoms with Crippen molar-refractivity contribution in [2.45, 2.75) is 19.8 Å². The Bertz CT molecular complexity index is 1090. The van der Waals surface area contributed by atoms with Gasteiger partial charge >= 0.3 is 5.97 Å². The number of aromatic nitrogens is 4. The zero-order chi connectivity index (χ0) is 21.3. The van der Waals surface area contributed by atoms with Crippen LogP contribution in [-0.2, 0) is 9.53 Å². The predicted octanol–water partition coefficient (Wildman–Crippen LogP) is 3.51. The molecule has 3 heterocycles. The molecule has 1 saturated heterocycles. The van der Waals surface area contributed by atoms with Crippen molar-refractivity contribution in [2.75, 3.05) is 19.7 Å². The maximum absolute atomic E-state index is 13.1. The van der Waals surface area contributed by atoms with Gasteiger partial charge in [-0.3, -0.25) is 9.59 Å². The van der Waals surface area contributed by atoms with Crippen LogP contribution in [0.15, 0.2) is 30.6 Å². The number of esters is 1. The predicted molar refractivity (Wildman–Crippen MR) is 111 cm³/mol. The second-order valence-electron chi connectivity index (χ2n) is 7.02. The highest BCUT2D eigenvalue weighted by Crippen LogP contribution is 2.30. The number of piperidine rings is 1. The van der Waals surface area contributed by atoms with Gasteiger partial charge in [-0.2, -0.15) is 9.61 Å². The number of amides is 1. The van der Waals surface area contributed by atoms with Crippen LogP contribution in [0.25, 0.3) is 16.8 Å². The van der Waals surface area contributed by atoms with Gasteiger partial charge < -0.3 is 9.64 Å². The molecule has 0 spiro atoms. The van der Waals surface area contributed by atoms with Gasteiger partial charge in [0, 0.05) is 28.7 Å². The largest absolute Gasteiger partial charge is 0.466 e. The summed E-state index contributed by atoms with van der Waals surface area (Å²) in [7, 11) is 0. The number of benzene rings is 1. The van der Waals surface area contributed by atoms with Crippen LogP contribution in [0.4, 0.5) is 0 Å². The van der Waals surface area contributed by atoms with Gasteiger partial charge in [-0.05, 0) is 49.6 Å². The van der Waals surface area contributed by atoms with E-state index in [1.165, 1.54) is 10.8 Å². The first-order valence-electron chi connectivity index (χ1n) is 9.59. The van der Waals surface area contributed by atoms with E-state index < -0.39 is 0 Å². The van der Waals surface area contributed by atoms with Gasteiger partial charge in [-0.15, -0.1) is 10.2 Å². The first-order chi connectivity index (χ1) is 14.5. The molecule has 1 fully saturated rings. The highest BCUT2D eigenvalue weighted by atomic mass is 35.5. The number of hydrogen-bond acceptors (Lipinski definition) is 6. The van der Waals surface area contributed by atoms with E-state index in [4.69, 9.17) is 27.9 Å². The lowest BCUT2D eigenvalue weighted by Crippen LogP contribution is -2.41. The Morgan fingerprint density at radius 3 is 2.50 bits per heavy atom. The fourth-order valence-corrected chi connectivity index (χ4v) is 4.12. The molecule has 0 aliphatic carbocycles. The fraction of sp³-hybridized carbons (Fsp3) is 0.350. The molecule has 0 atom stereocenters. The van der Waals surface area contributed by atoms with Crippen molar-refractivity contribution in [1.82, 2.24) is 24.7 Å². The van der Waals surface area contributed by atoms with E-state index in [1.807, 2.05) is 0 Å². The summed E-state index contributed by atoms with van der Waals surface area (Å²) in [5.74, 6) is -0.595. The van der Waals surface area contributed by atoms with Crippen LogP contribution < -0.4 is 0 Å². The van der Waals surface area contributed by atoms with Crippen LogP contribution in [0.3, 0.4) is 0 Å². The molecule has 1 aliphatic heterocycles. The lowest BCUT2D eigenvalue weighted by atomic mass is 9.96. The van der Waals surface area contributed by atoms with Crippen LogP contribution in [0.5, 0.6) is 0 Å². The molecule has 30 heavy (non-hydrogen) atoms. The number of rotatable bonds is 4. The van der Waals surface area contributed by atoms with Gasteiger partial charge in [0.25, 0.3) is 5.91 Å². The average Bonchev–Trinajstić information content (AvgIpc) is 3.21. The average molecular weight is 448 g/mol. The molecule has 2 aromatic heterocycles. The zero-order valence-electron chi connectivity index (χ0n) is 16.2. The van der Waals surface area contributed by atoms with E-state index in [0.717, 1.165) is 0 Å². The second-order valence-corrected chi connectivity index (χ2v) is 7.89. The minimum absolute atomic E-state index is 0.175. The van der Waals surface area contributed by atoms with Crippen LogP contribution in [0, 0.1) is 5.92 Å². The van der Waals surface area contributed by atoms with Crippen LogP contribution in [-0.4, -0.2) is 56.3 Å². The number of carbonyl (C=O) groups excluding carboxylic acids is 2. The summed E-state index contributed by atoms with van der Waals surface area (Å²) < 4.78 is 6.55. The van der Waals surface area contributed by atoms with Crippen molar-refractivity contribution >= 4 is 40.7 Å². The number of nitrogens with zero attached hydrogens (tertiary/aromatic N) is 5. The Morgan fingerprint density at radius 2 is 1.83 bits per heavy atom. The molecule has 156 valence electrons. The van der Waals surface area contributed by atoms with Crippen LogP contribution in [0.1, 0.15) is 30.3 Å². The van der Waals surface area contributed by atoms with Gasteiger partial charge in [0.05, 0.1) is 12.5 Å². The normalized spacial score (nSPS) is 14.8.